The summed E-state index contributed by atoms with van der Waals surface area (Å²) in [4.78, 5) is 36.5. The SMILES string of the molecule is C=CCCC(NC(=O)C1(NC(=O)NCc2ccccc2)CCCC1)C(=O)O. The molecule has 0 bridgehead atoms. The van der Waals surface area contributed by atoms with Crippen LogP contribution < -0.4 is 16.0 Å². The van der Waals surface area contributed by atoms with Crippen molar-refractivity contribution in [3.63, 3.8) is 0 Å². The minimum absolute atomic E-state index is 0.265. The zero-order chi connectivity index (χ0) is 19.7. The smallest absolute Gasteiger partial charge is 0.326 e. The Morgan fingerprint density at radius 2 is 1.85 bits per heavy atom. The Morgan fingerprint density at radius 3 is 2.44 bits per heavy atom. The fourth-order valence-corrected chi connectivity index (χ4v) is 3.27. The monoisotopic (exact) mass is 373 g/mol. The number of carboxylic acid groups (broad SMARTS) is 1. The number of amides is 3. The highest BCUT2D eigenvalue weighted by molar-refractivity contribution is 5.93. The topological polar surface area (TPSA) is 108 Å². The number of hydrogen-bond acceptors (Lipinski definition) is 3. The molecule has 7 heteroatoms. The van der Waals surface area contributed by atoms with Gasteiger partial charge in [-0.25, -0.2) is 9.59 Å². The average Bonchev–Trinajstić information content (AvgIpc) is 3.13. The second kappa shape index (κ2) is 9.75. The Balaban J connectivity index is 1.98. The van der Waals surface area contributed by atoms with Gasteiger partial charge in [-0.3, -0.25) is 4.79 Å². The molecule has 0 saturated heterocycles. The van der Waals surface area contributed by atoms with Crippen LogP contribution >= 0.6 is 0 Å². The summed E-state index contributed by atoms with van der Waals surface area (Å²) in [5.74, 6) is -1.53. The third kappa shape index (κ3) is 5.84. The van der Waals surface area contributed by atoms with Gasteiger partial charge in [0.05, 0.1) is 0 Å². The number of urea groups is 1. The lowest BCUT2D eigenvalue weighted by molar-refractivity contribution is -0.143. The lowest BCUT2D eigenvalue weighted by atomic mass is 9.95. The fourth-order valence-electron chi connectivity index (χ4n) is 3.27. The molecule has 0 spiro atoms. The number of benzene rings is 1. The molecule has 0 aliphatic heterocycles. The van der Waals surface area contributed by atoms with Gasteiger partial charge in [-0.05, 0) is 31.2 Å². The number of carbonyl (C=O) groups excluding carboxylic acids is 2. The van der Waals surface area contributed by atoms with Gasteiger partial charge in [0.2, 0.25) is 5.91 Å². The summed E-state index contributed by atoms with van der Waals surface area (Å²) >= 11 is 0. The molecule has 1 aromatic carbocycles. The van der Waals surface area contributed by atoms with E-state index < -0.39 is 29.5 Å². The molecular formula is C20H27N3O4. The summed E-state index contributed by atoms with van der Waals surface area (Å²) in [5.41, 5.74) is -0.115. The average molecular weight is 373 g/mol. The highest BCUT2D eigenvalue weighted by Crippen LogP contribution is 2.30. The Bertz CT molecular complexity index is 669. The van der Waals surface area contributed by atoms with Gasteiger partial charge >= 0.3 is 12.0 Å². The maximum Gasteiger partial charge on any atom is 0.326 e. The molecule has 1 aromatic rings. The van der Waals surface area contributed by atoms with Crippen molar-refractivity contribution in [1.82, 2.24) is 16.0 Å². The van der Waals surface area contributed by atoms with Crippen LogP contribution in [0.1, 0.15) is 44.1 Å². The van der Waals surface area contributed by atoms with Crippen LogP contribution in [0.2, 0.25) is 0 Å². The normalized spacial score (nSPS) is 16.1. The zero-order valence-corrected chi connectivity index (χ0v) is 15.4. The molecule has 3 amide bonds. The Kier molecular flexibility index (Phi) is 7.40. The standard InChI is InChI=1S/C20H27N3O4/c1-2-3-11-16(17(24)25)22-18(26)20(12-7-8-13-20)23-19(27)21-14-15-9-5-4-6-10-15/h2,4-6,9-10,16H,1,3,7-8,11-14H2,(H,22,26)(H,24,25)(H2,21,23,27). The van der Waals surface area contributed by atoms with E-state index >= 15 is 0 Å². The predicted octanol–water partition coefficient (Wildman–Crippen LogP) is 2.33. The van der Waals surface area contributed by atoms with Crippen LogP contribution in [0.5, 0.6) is 0 Å². The van der Waals surface area contributed by atoms with E-state index in [9.17, 15) is 19.5 Å². The first-order chi connectivity index (χ1) is 13.0. The molecule has 1 aliphatic carbocycles. The summed E-state index contributed by atoms with van der Waals surface area (Å²) in [6.07, 6.45) is 4.95. The van der Waals surface area contributed by atoms with Crippen LogP contribution in [-0.2, 0) is 16.1 Å². The van der Waals surface area contributed by atoms with Gasteiger partial charge in [0.1, 0.15) is 11.6 Å². The quantitative estimate of drug-likeness (QED) is 0.498. The van der Waals surface area contributed by atoms with Crippen LogP contribution in [0.25, 0.3) is 0 Å². The van der Waals surface area contributed by atoms with Crippen molar-refractivity contribution in [1.29, 1.82) is 0 Å². The number of hydrogen-bond donors (Lipinski definition) is 4. The highest BCUT2D eigenvalue weighted by Gasteiger charge is 2.43. The van der Waals surface area contributed by atoms with Crippen molar-refractivity contribution in [2.75, 3.05) is 0 Å². The number of nitrogens with one attached hydrogen (secondary N) is 3. The van der Waals surface area contributed by atoms with Gasteiger partial charge in [-0.1, -0.05) is 49.2 Å². The molecule has 4 N–H and O–H groups in total. The number of carboxylic acids is 1. The minimum Gasteiger partial charge on any atom is -0.480 e. The van der Waals surface area contributed by atoms with Crippen molar-refractivity contribution in [2.24, 2.45) is 0 Å². The van der Waals surface area contributed by atoms with E-state index in [0.717, 1.165) is 18.4 Å². The van der Waals surface area contributed by atoms with E-state index in [1.165, 1.54) is 0 Å². The van der Waals surface area contributed by atoms with E-state index in [1.807, 2.05) is 30.3 Å². The van der Waals surface area contributed by atoms with Crippen LogP contribution in [0.3, 0.4) is 0 Å². The molecule has 7 nitrogen and oxygen atoms in total. The number of aliphatic carboxylic acids is 1. The summed E-state index contributed by atoms with van der Waals surface area (Å²) in [6.45, 7) is 3.92. The van der Waals surface area contributed by atoms with Gasteiger partial charge in [0, 0.05) is 6.54 Å². The first-order valence-corrected chi connectivity index (χ1v) is 9.21. The van der Waals surface area contributed by atoms with Crippen molar-refractivity contribution < 1.29 is 19.5 Å². The molecule has 1 saturated carbocycles. The summed E-state index contributed by atoms with van der Waals surface area (Å²) < 4.78 is 0. The first kappa shape index (κ1) is 20.5. The van der Waals surface area contributed by atoms with E-state index in [0.29, 0.717) is 25.8 Å². The van der Waals surface area contributed by atoms with Crippen LogP contribution in [0.4, 0.5) is 4.79 Å². The fraction of sp³-hybridized carbons (Fsp3) is 0.450. The van der Waals surface area contributed by atoms with Gasteiger partial charge in [0.25, 0.3) is 0 Å². The van der Waals surface area contributed by atoms with Crippen molar-refractivity contribution in [3.05, 3.63) is 48.6 Å². The number of allylic oxidation sites excluding steroid dienone is 1. The van der Waals surface area contributed by atoms with E-state index in [-0.39, 0.29) is 6.42 Å². The van der Waals surface area contributed by atoms with Crippen molar-refractivity contribution in [3.8, 4) is 0 Å². The molecule has 0 radical (unpaired) electrons. The molecule has 0 aromatic heterocycles. The van der Waals surface area contributed by atoms with Crippen molar-refractivity contribution >= 4 is 17.9 Å². The van der Waals surface area contributed by atoms with Crippen LogP contribution in [0.15, 0.2) is 43.0 Å². The molecule has 146 valence electrons. The van der Waals surface area contributed by atoms with E-state index in [1.54, 1.807) is 6.08 Å². The maximum absolute atomic E-state index is 12.8. The van der Waals surface area contributed by atoms with Gasteiger partial charge in [-0.15, -0.1) is 6.58 Å². The summed E-state index contributed by atoms with van der Waals surface area (Å²) in [5, 5.41) is 17.4. The van der Waals surface area contributed by atoms with Crippen LogP contribution in [-0.4, -0.2) is 34.6 Å². The van der Waals surface area contributed by atoms with Crippen molar-refractivity contribution in [2.45, 2.75) is 56.7 Å². The third-order valence-electron chi connectivity index (χ3n) is 4.80. The largest absolute Gasteiger partial charge is 0.480 e. The molecule has 1 aliphatic rings. The molecule has 1 atom stereocenters. The second-order valence-electron chi connectivity index (χ2n) is 6.81. The highest BCUT2D eigenvalue weighted by atomic mass is 16.4. The number of carbonyl (C=O) groups is 3. The molecule has 0 heterocycles. The van der Waals surface area contributed by atoms with Gasteiger partial charge in [0.15, 0.2) is 0 Å². The zero-order valence-electron chi connectivity index (χ0n) is 15.4. The van der Waals surface area contributed by atoms with E-state index in [4.69, 9.17) is 0 Å². The minimum atomic E-state index is -1.09. The Morgan fingerprint density at radius 1 is 1.19 bits per heavy atom. The molecule has 1 fully saturated rings. The number of rotatable bonds is 9. The molecule has 27 heavy (non-hydrogen) atoms. The summed E-state index contributed by atoms with van der Waals surface area (Å²) in [6, 6.07) is 8.03. The first-order valence-electron chi connectivity index (χ1n) is 9.21. The third-order valence-corrected chi connectivity index (χ3v) is 4.80. The predicted molar refractivity (Wildman–Crippen MR) is 102 cm³/mol. The maximum atomic E-state index is 12.8. The Hall–Kier alpha value is -2.83. The summed E-state index contributed by atoms with van der Waals surface area (Å²) in [7, 11) is 0. The Labute approximate surface area is 159 Å². The molecule has 2 rings (SSSR count). The van der Waals surface area contributed by atoms with E-state index in [2.05, 4.69) is 22.5 Å². The second-order valence-corrected chi connectivity index (χ2v) is 6.81. The molecular weight excluding hydrogens is 346 g/mol. The van der Waals surface area contributed by atoms with Gasteiger partial charge in [-0.2, -0.15) is 0 Å². The van der Waals surface area contributed by atoms with Crippen LogP contribution in [0, 0.1) is 0 Å². The molecule has 1 unspecified atom stereocenters. The lowest BCUT2D eigenvalue weighted by Crippen LogP contribution is -2.61. The van der Waals surface area contributed by atoms with Gasteiger partial charge < -0.3 is 21.1 Å². The lowest BCUT2D eigenvalue weighted by Gasteiger charge is -2.30.